The van der Waals surface area contributed by atoms with Crippen LogP contribution in [0, 0.1) is 0 Å². The standard InChI is InChI=1S/C32H39NO3/c34-27-15-18-31-29(23-27)32(30(24-36-31)25-11-5-4-6-12-25)26-13-16-28(17-14-26)35-22-10-3-1-2-7-19-33-20-8-9-21-33/h4-6,11-18,23,30,32,34H,1-3,7-10,19-22,24H2/t30-,32+/m0/s1. The van der Waals surface area contributed by atoms with E-state index in [0.717, 1.165) is 30.1 Å². The molecule has 2 aliphatic rings. The fourth-order valence-electron chi connectivity index (χ4n) is 5.74. The molecule has 0 saturated carbocycles. The molecule has 3 aromatic carbocycles. The summed E-state index contributed by atoms with van der Waals surface area (Å²) in [5.74, 6) is 2.33. The van der Waals surface area contributed by atoms with Gasteiger partial charge in [0.1, 0.15) is 17.2 Å². The largest absolute Gasteiger partial charge is 0.508 e. The highest BCUT2D eigenvalue weighted by molar-refractivity contribution is 5.51. The van der Waals surface area contributed by atoms with Gasteiger partial charge in [-0.05, 0) is 86.8 Å². The van der Waals surface area contributed by atoms with Crippen LogP contribution >= 0.6 is 0 Å². The van der Waals surface area contributed by atoms with Gasteiger partial charge in [0.15, 0.2) is 0 Å². The number of hydrogen-bond acceptors (Lipinski definition) is 4. The molecule has 36 heavy (non-hydrogen) atoms. The van der Waals surface area contributed by atoms with Gasteiger partial charge in [-0.2, -0.15) is 0 Å². The lowest BCUT2D eigenvalue weighted by Crippen LogP contribution is -2.25. The van der Waals surface area contributed by atoms with Crippen LogP contribution in [0.4, 0.5) is 0 Å². The summed E-state index contributed by atoms with van der Waals surface area (Å²) < 4.78 is 12.2. The Morgan fingerprint density at radius 3 is 2.36 bits per heavy atom. The number of benzene rings is 3. The van der Waals surface area contributed by atoms with Gasteiger partial charge in [-0.1, -0.05) is 61.7 Å². The number of likely N-dealkylation sites (tertiary alicyclic amines) is 1. The van der Waals surface area contributed by atoms with Gasteiger partial charge in [0.05, 0.1) is 13.2 Å². The molecule has 2 heterocycles. The molecule has 0 radical (unpaired) electrons. The maximum Gasteiger partial charge on any atom is 0.123 e. The maximum absolute atomic E-state index is 10.2. The zero-order valence-corrected chi connectivity index (χ0v) is 21.3. The van der Waals surface area contributed by atoms with Crippen molar-refractivity contribution >= 4 is 0 Å². The monoisotopic (exact) mass is 485 g/mol. The van der Waals surface area contributed by atoms with Crippen LogP contribution < -0.4 is 9.47 Å². The number of unbranched alkanes of at least 4 members (excludes halogenated alkanes) is 4. The van der Waals surface area contributed by atoms with Crippen LogP contribution in [-0.2, 0) is 0 Å². The van der Waals surface area contributed by atoms with E-state index in [-0.39, 0.29) is 17.6 Å². The Kier molecular flexibility index (Phi) is 8.45. The predicted octanol–water partition coefficient (Wildman–Crippen LogP) is 7.13. The number of ether oxygens (including phenoxy) is 2. The smallest absolute Gasteiger partial charge is 0.123 e. The van der Waals surface area contributed by atoms with E-state index in [1.165, 1.54) is 69.3 Å². The van der Waals surface area contributed by atoms with Crippen molar-refractivity contribution in [3.8, 4) is 17.2 Å². The number of rotatable bonds is 11. The summed E-state index contributed by atoms with van der Waals surface area (Å²) in [5, 5.41) is 10.2. The molecular weight excluding hydrogens is 446 g/mol. The van der Waals surface area contributed by atoms with Gasteiger partial charge in [0, 0.05) is 17.4 Å². The molecule has 2 atom stereocenters. The molecule has 1 N–H and O–H groups in total. The maximum atomic E-state index is 10.2. The third kappa shape index (κ3) is 6.22. The zero-order valence-electron chi connectivity index (χ0n) is 21.3. The summed E-state index contributed by atoms with van der Waals surface area (Å²) in [6, 6.07) is 24.5. The molecule has 0 spiro atoms. The average molecular weight is 486 g/mol. The Morgan fingerprint density at radius 2 is 1.56 bits per heavy atom. The number of phenolic OH excluding ortho intramolecular Hbond substituents is 1. The Morgan fingerprint density at radius 1 is 0.806 bits per heavy atom. The second-order valence-corrected chi connectivity index (χ2v) is 10.3. The second-order valence-electron chi connectivity index (χ2n) is 10.3. The van der Waals surface area contributed by atoms with Gasteiger partial charge in [-0.3, -0.25) is 0 Å². The summed E-state index contributed by atoms with van der Waals surface area (Å²) in [7, 11) is 0. The van der Waals surface area contributed by atoms with Crippen LogP contribution in [0.2, 0.25) is 0 Å². The number of fused-ring (bicyclic) bond motifs is 1. The first-order valence-electron chi connectivity index (χ1n) is 13.7. The molecule has 5 rings (SSSR count). The first-order chi connectivity index (χ1) is 17.8. The van der Waals surface area contributed by atoms with Crippen molar-refractivity contribution in [1.82, 2.24) is 4.90 Å². The number of phenols is 1. The van der Waals surface area contributed by atoms with Crippen molar-refractivity contribution in [3.05, 3.63) is 89.5 Å². The van der Waals surface area contributed by atoms with E-state index in [2.05, 4.69) is 53.4 Å². The van der Waals surface area contributed by atoms with E-state index < -0.39 is 0 Å². The van der Waals surface area contributed by atoms with Crippen molar-refractivity contribution in [2.24, 2.45) is 0 Å². The minimum Gasteiger partial charge on any atom is -0.508 e. The quantitative estimate of drug-likeness (QED) is 0.294. The van der Waals surface area contributed by atoms with Crippen molar-refractivity contribution in [3.63, 3.8) is 0 Å². The first kappa shape index (κ1) is 24.7. The number of aromatic hydroxyl groups is 1. The van der Waals surface area contributed by atoms with Crippen LogP contribution in [0.25, 0.3) is 0 Å². The molecule has 4 heteroatoms. The van der Waals surface area contributed by atoms with Crippen molar-refractivity contribution in [2.45, 2.75) is 56.8 Å². The Balaban J connectivity index is 1.16. The Bertz CT molecular complexity index is 1080. The van der Waals surface area contributed by atoms with E-state index >= 15 is 0 Å². The third-order valence-corrected chi connectivity index (χ3v) is 7.70. The predicted molar refractivity (Wildman–Crippen MR) is 145 cm³/mol. The molecule has 0 bridgehead atoms. The number of hydrogen-bond donors (Lipinski definition) is 1. The van der Waals surface area contributed by atoms with E-state index in [4.69, 9.17) is 9.47 Å². The number of nitrogens with zero attached hydrogens (tertiary/aromatic N) is 1. The normalized spacial score (nSPS) is 19.6. The molecule has 2 aliphatic heterocycles. The highest BCUT2D eigenvalue weighted by Crippen LogP contribution is 2.47. The van der Waals surface area contributed by atoms with Crippen LogP contribution in [0.3, 0.4) is 0 Å². The SMILES string of the molecule is Oc1ccc2c(c1)[C@@H](c1ccc(OCCCCCCCN3CCCC3)cc1)[C@H](c1ccccc1)CO2. The van der Waals surface area contributed by atoms with Crippen LogP contribution in [0.1, 0.15) is 73.5 Å². The molecule has 0 aliphatic carbocycles. The lowest BCUT2D eigenvalue weighted by atomic mass is 9.76. The minimum atomic E-state index is 0.109. The molecule has 0 unspecified atom stereocenters. The highest BCUT2D eigenvalue weighted by atomic mass is 16.5. The van der Waals surface area contributed by atoms with E-state index in [1.807, 2.05) is 18.2 Å². The summed E-state index contributed by atoms with van der Waals surface area (Å²) in [6.45, 7) is 5.28. The molecule has 0 amide bonds. The fourth-order valence-corrected chi connectivity index (χ4v) is 5.74. The lowest BCUT2D eigenvalue weighted by Gasteiger charge is -2.34. The van der Waals surface area contributed by atoms with E-state index in [9.17, 15) is 5.11 Å². The van der Waals surface area contributed by atoms with E-state index in [0.29, 0.717) is 6.61 Å². The van der Waals surface area contributed by atoms with Gasteiger partial charge in [0.25, 0.3) is 0 Å². The first-order valence-corrected chi connectivity index (χ1v) is 13.7. The summed E-state index contributed by atoms with van der Waals surface area (Å²) in [4.78, 5) is 2.61. The van der Waals surface area contributed by atoms with E-state index in [1.54, 1.807) is 6.07 Å². The zero-order chi connectivity index (χ0) is 24.6. The molecule has 1 saturated heterocycles. The molecule has 190 valence electrons. The topological polar surface area (TPSA) is 41.9 Å². The summed E-state index contributed by atoms with van der Waals surface area (Å²) in [6.07, 6.45) is 9.07. The van der Waals surface area contributed by atoms with Crippen LogP contribution in [0.15, 0.2) is 72.8 Å². The Hall–Kier alpha value is -2.98. The van der Waals surface area contributed by atoms with Crippen LogP contribution in [-0.4, -0.2) is 42.9 Å². The van der Waals surface area contributed by atoms with Gasteiger partial charge in [-0.15, -0.1) is 0 Å². The average Bonchev–Trinajstić information content (AvgIpc) is 3.44. The fraction of sp³-hybridized carbons (Fsp3) is 0.438. The van der Waals surface area contributed by atoms with Crippen molar-refractivity contribution in [2.75, 3.05) is 32.8 Å². The second kappa shape index (κ2) is 12.3. The van der Waals surface area contributed by atoms with Gasteiger partial charge in [-0.25, -0.2) is 0 Å². The lowest BCUT2D eigenvalue weighted by molar-refractivity contribution is 0.248. The Labute approximate surface area is 215 Å². The highest BCUT2D eigenvalue weighted by Gasteiger charge is 2.33. The molecular formula is C32H39NO3. The van der Waals surface area contributed by atoms with Gasteiger partial charge in [0.2, 0.25) is 0 Å². The molecule has 1 fully saturated rings. The third-order valence-electron chi connectivity index (χ3n) is 7.70. The van der Waals surface area contributed by atoms with Gasteiger partial charge < -0.3 is 19.5 Å². The summed E-state index contributed by atoms with van der Waals surface area (Å²) in [5.41, 5.74) is 3.50. The van der Waals surface area contributed by atoms with Crippen molar-refractivity contribution < 1.29 is 14.6 Å². The molecule has 4 nitrogen and oxygen atoms in total. The summed E-state index contributed by atoms with van der Waals surface area (Å²) >= 11 is 0. The van der Waals surface area contributed by atoms with Crippen LogP contribution in [0.5, 0.6) is 17.2 Å². The van der Waals surface area contributed by atoms with Gasteiger partial charge >= 0.3 is 0 Å². The molecule has 3 aromatic rings. The van der Waals surface area contributed by atoms with Crippen molar-refractivity contribution in [1.29, 1.82) is 0 Å². The minimum absolute atomic E-state index is 0.109. The molecule has 0 aromatic heterocycles.